The summed E-state index contributed by atoms with van der Waals surface area (Å²) in [6, 6.07) is 2.21. The molecule has 0 bridgehead atoms. The van der Waals surface area contributed by atoms with E-state index < -0.39 is 5.41 Å². The summed E-state index contributed by atoms with van der Waals surface area (Å²) >= 11 is 0. The molecular weight excluding hydrogens is 446 g/mol. The van der Waals surface area contributed by atoms with Gasteiger partial charge in [0.05, 0.1) is 5.57 Å². The summed E-state index contributed by atoms with van der Waals surface area (Å²) in [7, 11) is 0. The van der Waals surface area contributed by atoms with Gasteiger partial charge in [0.15, 0.2) is 5.78 Å². The molecule has 0 N–H and O–H groups in total. The van der Waals surface area contributed by atoms with Crippen molar-refractivity contribution in [1.29, 1.82) is 5.26 Å². The normalized spacial score (nSPS) is 48.9. The van der Waals surface area contributed by atoms with Gasteiger partial charge in [-0.25, -0.2) is 0 Å². The molecule has 0 aliphatic heterocycles. The molecule has 4 nitrogen and oxygen atoms in total. The summed E-state index contributed by atoms with van der Waals surface area (Å²) in [6.07, 6.45) is 8.44. The lowest BCUT2D eigenvalue weighted by Gasteiger charge is -2.71. The maximum atomic E-state index is 14.3. The molecule has 4 saturated carbocycles. The maximum Gasteiger partial charge on any atom is 0.178 e. The van der Waals surface area contributed by atoms with Crippen LogP contribution in [0.2, 0.25) is 0 Å². The van der Waals surface area contributed by atoms with Gasteiger partial charge in [0.1, 0.15) is 17.6 Å². The Hall–Kier alpha value is -1.76. The molecule has 5 aliphatic carbocycles. The van der Waals surface area contributed by atoms with Crippen LogP contribution in [0.25, 0.3) is 0 Å². The second kappa shape index (κ2) is 7.64. The summed E-state index contributed by atoms with van der Waals surface area (Å²) in [6.45, 7) is 17.4. The van der Waals surface area contributed by atoms with Crippen molar-refractivity contribution in [1.82, 2.24) is 0 Å². The average Bonchev–Trinajstić information content (AvgIpc) is 2.76. The van der Waals surface area contributed by atoms with Crippen LogP contribution < -0.4 is 0 Å². The fourth-order valence-electron chi connectivity index (χ4n) is 11.1. The fraction of sp³-hybridized carbons (Fsp3) is 0.812. The van der Waals surface area contributed by atoms with Gasteiger partial charge < -0.3 is 0 Å². The smallest absolute Gasteiger partial charge is 0.178 e. The van der Waals surface area contributed by atoms with Crippen molar-refractivity contribution in [2.45, 2.75) is 100 Å². The predicted octanol–water partition coefficient (Wildman–Crippen LogP) is 6.73. The minimum Gasteiger partial charge on any atom is -0.300 e. The zero-order chi connectivity index (χ0) is 26.6. The molecule has 4 heteroatoms. The Bertz CT molecular complexity index is 1110. The minimum absolute atomic E-state index is 0.00303. The molecule has 36 heavy (non-hydrogen) atoms. The molecule has 0 saturated heterocycles. The zero-order valence-electron chi connectivity index (χ0n) is 23.7. The van der Waals surface area contributed by atoms with Crippen LogP contribution >= 0.6 is 0 Å². The highest BCUT2D eigenvalue weighted by molar-refractivity contribution is 6.04. The van der Waals surface area contributed by atoms with Gasteiger partial charge in [0.25, 0.3) is 0 Å². The third kappa shape index (κ3) is 3.13. The second-order valence-electron chi connectivity index (χ2n) is 15.4. The Balaban J connectivity index is 1.61. The predicted molar refractivity (Wildman–Crippen MR) is 140 cm³/mol. The summed E-state index contributed by atoms with van der Waals surface area (Å²) < 4.78 is 0. The lowest BCUT2D eigenvalue weighted by Crippen LogP contribution is -2.68. The van der Waals surface area contributed by atoms with Crippen LogP contribution in [0.3, 0.4) is 0 Å². The van der Waals surface area contributed by atoms with Crippen molar-refractivity contribution in [3.8, 4) is 6.07 Å². The number of hydrogen-bond donors (Lipinski definition) is 0. The fourth-order valence-corrected chi connectivity index (χ4v) is 11.1. The molecule has 0 aromatic carbocycles. The Labute approximate surface area is 217 Å². The van der Waals surface area contributed by atoms with Crippen molar-refractivity contribution in [3.05, 3.63) is 11.6 Å². The largest absolute Gasteiger partial charge is 0.300 e. The van der Waals surface area contributed by atoms with Crippen LogP contribution in [-0.2, 0) is 14.4 Å². The first-order chi connectivity index (χ1) is 16.5. The van der Waals surface area contributed by atoms with Gasteiger partial charge in [-0.2, -0.15) is 5.26 Å². The standard InChI is InChI=1S/C32H45NO3/c1-18(34)21-15-28(2,3)16-22-20(21)9-11-32(8)26(22)23(35)13-25-30(6)14-19(17-33)27(36)29(4,5)24(30)10-12-31(25,32)7/h14,20-22,24-26H,9-13,15-16H2,1-8H3/t20?,21-,22?,24-,25+,26?,30-,31+,32+/m0/s1. The molecule has 0 heterocycles. The van der Waals surface area contributed by atoms with Crippen molar-refractivity contribution >= 4 is 17.3 Å². The first-order valence-electron chi connectivity index (χ1n) is 14.2. The van der Waals surface area contributed by atoms with E-state index in [2.05, 4.69) is 40.7 Å². The van der Waals surface area contributed by atoms with Crippen molar-refractivity contribution in [2.24, 2.45) is 62.6 Å². The van der Waals surface area contributed by atoms with Crippen LogP contribution in [0, 0.1) is 73.9 Å². The number of allylic oxidation sites excluding steroid dienone is 2. The number of nitriles is 1. The number of carbonyl (C=O) groups excluding carboxylic acids is 3. The highest BCUT2D eigenvalue weighted by Crippen LogP contribution is 2.74. The van der Waals surface area contributed by atoms with E-state index in [9.17, 15) is 19.6 Å². The highest BCUT2D eigenvalue weighted by Gasteiger charge is 2.71. The van der Waals surface area contributed by atoms with E-state index in [1.165, 1.54) is 0 Å². The van der Waals surface area contributed by atoms with Crippen LogP contribution in [0.4, 0.5) is 0 Å². The molecule has 5 rings (SSSR count). The maximum absolute atomic E-state index is 14.3. The third-order valence-electron chi connectivity index (χ3n) is 12.8. The lowest BCUT2D eigenvalue weighted by molar-refractivity contribution is -0.214. The monoisotopic (exact) mass is 491 g/mol. The van der Waals surface area contributed by atoms with Gasteiger partial charge in [-0.15, -0.1) is 0 Å². The second-order valence-corrected chi connectivity index (χ2v) is 15.4. The van der Waals surface area contributed by atoms with E-state index >= 15 is 0 Å². The number of carbonyl (C=O) groups is 3. The first-order valence-corrected chi connectivity index (χ1v) is 14.2. The van der Waals surface area contributed by atoms with E-state index in [0.29, 0.717) is 23.9 Å². The Morgan fingerprint density at radius 2 is 1.56 bits per heavy atom. The summed E-state index contributed by atoms with van der Waals surface area (Å²) in [5.74, 6) is 1.54. The van der Waals surface area contributed by atoms with Gasteiger partial charge >= 0.3 is 0 Å². The SMILES string of the molecule is CC(=O)[C@@H]1CC(C)(C)CC2C1CC[C@]1(C)C2C(=O)C[C@@H]2[C@@]3(C)C=C(C#N)C(=O)C(C)(C)[C@@H]3CC[C@]21C. The van der Waals surface area contributed by atoms with Gasteiger partial charge in [0.2, 0.25) is 0 Å². The van der Waals surface area contributed by atoms with E-state index in [-0.39, 0.29) is 62.6 Å². The van der Waals surface area contributed by atoms with Crippen LogP contribution in [0.1, 0.15) is 100 Å². The Kier molecular flexibility index (Phi) is 5.49. The molecule has 9 atom stereocenters. The Morgan fingerprint density at radius 3 is 2.17 bits per heavy atom. The summed E-state index contributed by atoms with van der Waals surface area (Å²) in [5, 5.41) is 9.86. The van der Waals surface area contributed by atoms with E-state index in [1.807, 2.05) is 19.9 Å². The lowest BCUT2D eigenvalue weighted by atomic mass is 9.32. The van der Waals surface area contributed by atoms with Gasteiger partial charge in [0, 0.05) is 23.7 Å². The number of rotatable bonds is 1. The molecule has 0 aromatic rings. The van der Waals surface area contributed by atoms with Crippen LogP contribution in [0.5, 0.6) is 0 Å². The topological polar surface area (TPSA) is 75.0 Å². The molecule has 0 aromatic heterocycles. The first kappa shape index (κ1) is 25.9. The van der Waals surface area contributed by atoms with E-state index in [4.69, 9.17) is 0 Å². The summed E-state index contributed by atoms with van der Waals surface area (Å²) in [4.78, 5) is 40.3. The van der Waals surface area contributed by atoms with E-state index in [0.717, 1.165) is 38.5 Å². The van der Waals surface area contributed by atoms with Crippen LogP contribution in [-0.4, -0.2) is 17.3 Å². The third-order valence-corrected chi connectivity index (χ3v) is 12.8. The minimum atomic E-state index is -0.601. The summed E-state index contributed by atoms with van der Waals surface area (Å²) in [5.41, 5.74) is -0.800. The Morgan fingerprint density at radius 1 is 0.917 bits per heavy atom. The number of Topliss-reactive ketones (excluding diaryl/α,β-unsaturated/α-hetero) is 3. The molecule has 5 aliphatic rings. The van der Waals surface area contributed by atoms with Crippen molar-refractivity contribution in [3.63, 3.8) is 0 Å². The van der Waals surface area contributed by atoms with Crippen LogP contribution in [0.15, 0.2) is 11.6 Å². The quantitative estimate of drug-likeness (QED) is 0.407. The van der Waals surface area contributed by atoms with Crippen molar-refractivity contribution in [2.75, 3.05) is 0 Å². The zero-order valence-corrected chi connectivity index (χ0v) is 23.7. The molecule has 0 radical (unpaired) electrons. The average molecular weight is 492 g/mol. The molecular formula is C32H45NO3. The van der Waals surface area contributed by atoms with Crippen molar-refractivity contribution < 1.29 is 14.4 Å². The molecule has 0 amide bonds. The number of fused-ring (bicyclic) bond motifs is 7. The molecule has 0 spiro atoms. The highest BCUT2D eigenvalue weighted by atomic mass is 16.1. The molecule has 4 fully saturated rings. The number of ketones is 3. The van der Waals surface area contributed by atoms with Gasteiger partial charge in [-0.05, 0) is 90.8 Å². The van der Waals surface area contributed by atoms with Gasteiger partial charge in [-0.1, -0.05) is 54.5 Å². The molecule has 196 valence electrons. The molecule has 3 unspecified atom stereocenters. The van der Waals surface area contributed by atoms with Gasteiger partial charge in [-0.3, -0.25) is 14.4 Å². The number of nitrogens with zero attached hydrogens (tertiary/aromatic N) is 1. The van der Waals surface area contributed by atoms with E-state index in [1.54, 1.807) is 6.92 Å². The number of hydrogen-bond acceptors (Lipinski definition) is 4.